The van der Waals surface area contributed by atoms with E-state index in [9.17, 15) is 5.11 Å². The van der Waals surface area contributed by atoms with Crippen LogP contribution in [0.5, 0.6) is 11.5 Å². The van der Waals surface area contributed by atoms with Crippen LogP contribution in [0.15, 0.2) is 18.2 Å². The summed E-state index contributed by atoms with van der Waals surface area (Å²) in [4.78, 5) is 2.18. The summed E-state index contributed by atoms with van der Waals surface area (Å²) in [7, 11) is 3.32. The molecule has 0 radical (unpaired) electrons. The molecule has 1 rings (SSSR count). The molecule has 0 atom stereocenters. The minimum absolute atomic E-state index is 0.615. The van der Waals surface area contributed by atoms with Gasteiger partial charge >= 0.3 is 0 Å². The highest BCUT2D eigenvalue weighted by Gasteiger charge is 2.18. The molecule has 4 nitrogen and oxygen atoms in total. The van der Waals surface area contributed by atoms with Gasteiger partial charge in [-0.2, -0.15) is 0 Å². The van der Waals surface area contributed by atoms with Crippen molar-refractivity contribution < 1.29 is 14.6 Å². The minimum Gasteiger partial charge on any atom is -0.497 e. The zero-order chi connectivity index (χ0) is 14.5. The summed E-state index contributed by atoms with van der Waals surface area (Å²) >= 11 is 0. The van der Waals surface area contributed by atoms with Crippen LogP contribution < -0.4 is 9.47 Å². The van der Waals surface area contributed by atoms with Crippen LogP contribution in [0, 0.1) is 0 Å². The van der Waals surface area contributed by atoms with Crippen LogP contribution in [-0.4, -0.2) is 42.9 Å². The molecule has 0 aromatic heterocycles. The molecule has 1 N–H and O–H groups in total. The molecule has 0 heterocycles. The van der Waals surface area contributed by atoms with Gasteiger partial charge in [-0.15, -0.1) is 0 Å². The first-order valence-corrected chi connectivity index (χ1v) is 6.55. The van der Waals surface area contributed by atoms with Crippen molar-refractivity contribution in [2.24, 2.45) is 0 Å². The Hall–Kier alpha value is -1.26. The van der Waals surface area contributed by atoms with E-state index in [0.29, 0.717) is 6.54 Å². The lowest BCUT2D eigenvalue weighted by Crippen LogP contribution is -2.38. The van der Waals surface area contributed by atoms with Crippen molar-refractivity contribution in [1.82, 2.24) is 4.90 Å². The quantitative estimate of drug-likeness (QED) is 0.823. The van der Waals surface area contributed by atoms with Gasteiger partial charge in [0.05, 0.1) is 19.8 Å². The molecule has 1 aromatic rings. The average molecular weight is 267 g/mol. The van der Waals surface area contributed by atoms with Crippen LogP contribution in [0.25, 0.3) is 0 Å². The van der Waals surface area contributed by atoms with Crippen LogP contribution in [0.4, 0.5) is 0 Å². The van der Waals surface area contributed by atoms with E-state index in [1.165, 1.54) is 0 Å². The molecule has 4 heteroatoms. The average Bonchev–Trinajstić information content (AvgIpc) is 2.36. The van der Waals surface area contributed by atoms with E-state index in [0.717, 1.165) is 30.2 Å². The Bertz CT molecular complexity index is 399. The number of hydrogen-bond donors (Lipinski definition) is 1. The molecular formula is C15H25NO3. The van der Waals surface area contributed by atoms with Crippen LogP contribution in [-0.2, 0) is 6.54 Å². The Morgan fingerprint density at radius 2 is 1.89 bits per heavy atom. The Labute approximate surface area is 115 Å². The highest BCUT2D eigenvalue weighted by molar-refractivity contribution is 5.40. The third-order valence-electron chi connectivity index (χ3n) is 2.94. The first kappa shape index (κ1) is 15.8. The molecule has 0 spiro atoms. The standard InChI is InChI=1S/C15H25NO3/c1-6-16(11-15(2,3)17)10-12-9-13(18-4)7-8-14(12)19-5/h7-9,17H,6,10-11H2,1-5H3. The molecule has 108 valence electrons. The van der Waals surface area contributed by atoms with Gasteiger partial charge in [0.15, 0.2) is 0 Å². The highest BCUT2D eigenvalue weighted by Crippen LogP contribution is 2.25. The molecule has 0 bridgehead atoms. The van der Waals surface area contributed by atoms with Gasteiger partial charge in [-0.1, -0.05) is 6.92 Å². The van der Waals surface area contributed by atoms with Gasteiger partial charge in [0.25, 0.3) is 0 Å². The van der Waals surface area contributed by atoms with Crippen molar-refractivity contribution in [1.29, 1.82) is 0 Å². The predicted octanol–water partition coefficient (Wildman–Crippen LogP) is 2.30. The first-order chi connectivity index (χ1) is 8.89. The SMILES string of the molecule is CCN(Cc1cc(OC)ccc1OC)CC(C)(C)O. The summed E-state index contributed by atoms with van der Waals surface area (Å²) in [5.41, 5.74) is 0.357. The molecule has 19 heavy (non-hydrogen) atoms. The van der Waals surface area contributed by atoms with Gasteiger partial charge < -0.3 is 14.6 Å². The second-order valence-electron chi connectivity index (χ2n) is 5.29. The van der Waals surface area contributed by atoms with E-state index in [2.05, 4.69) is 11.8 Å². The lowest BCUT2D eigenvalue weighted by atomic mass is 10.1. The number of nitrogens with zero attached hydrogens (tertiary/aromatic N) is 1. The summed E-state index contributed by atoms with van der Waals surface area (Å²) < 4.78 is 10.6. The van der Waals surface area contributed by atoms with Crippen LogP contribution in [0.3, 0.4) is 0 Å². The van der Waals surface area contributed by atoms with Crippen molar-refractivity contribution in [3.63, 3.8) is 0 Å². The number of likely N-dealkylation sites (N-methyl/N-ethyl adjacent to an activating group) is 1. The van der Waals surface area contributed by atoms with Crippen molar-refractivity contribution >= 4 is 0 Å². The summed E-state index contributed by atoms with van der Waals surface area (Å²) in [5, 5.41) is 9.93. The molecule has 0 saturated heterocycles. The number of rotatable bonds is 7. The fourth-order valence-corrected chi connectivity index (χ4v) is 2.07. The topological polar surface area (TPSA) is 41.9 Å². The van der Waals surface area contributed by atoms with Gasteiger partial charge in [0, 0.05) is 18.7 Å². The smallest absolute Gasteiger partial charge is 0.123 e. The van der Waals surface area contributed by atoms with Crippen LogP contribution in [0.1, 0.15) is 26.3 Å². The fourth-order valence-electron chi connectivity index (χ4n) is 2.07. The molecule has 0 saturated carbocycles. The van der Waals surface area contributed by atoms with Crippen molar-refractivity contribution in [3.05, 3.63) is 23.8 Å². The second-order valence-corrected chi connectivity index (χ2v) is 5.29. The predicted molar refractivity (Wildman–Crippen MR) is 76.8 cm³/mol. The molecule has 0 aliphatic heterocycles. The maximum atomic E-state index is 9.93. The number of ether oxygens (including phenoxy) is 2. The number of hydrogen-bond acceptors (Lipinski definition) is 4. The summed E-state index contributed by atoms with van der Waals surface area (Å²) in [6.45, 7) is 7.92. The Balaban J connectivity index is 2.88. The first-order valence-electron chi connectivity index (χ1n) is 6.55. The van der Waals surface area contributed by atoms with E-state index in [1.54, 1.807) is 14.2 Å². The molecule has 0 amide bonds. The minimum atomic E-state index is -0.706. The zero-order valence-corrected chi connectivity index (χ0v) is 12.6. The van der Waals surface area contributed by atoms with Crippen molar-refractivity contribution in [2.75, 3.05) is 27.3 Å². The van der Waals surface area contributed by atoms with Crippen molar-refractivity contribution in [3.8, 4) is 11.5 Å². The molecule has 1 aromatic carbocycles. The summed E-state index contributed by atoms with van der Waals surface area (Å²) in [6.07, 6.45) is 0. The highest BCUT2D eigenvalue weighted by atomic mass is 16.5. The van der Waals surface area contributed by atoms with Gasteiger partial charge in [-0.05, 0) is 38.6 Å². The third kappa shape index (κ3) is 5.09. The third-order valence-corrected chi connectivity index (χ3v) is 2.94. The number of methoxy groups -OCH3 is 2. The lowest BCUT2D eigenvalue weighted by Gasteiger charge is -2.28. The maximum absolute atomic E-state index is 9.93. The van der Waals surface area contributed by atoms with E-state index >= 15 is 0 Å². The maximum Gasteiger partial charge on any atom is 0.123 e. The normalized spacial score (nSPS) is 11.7. The van der Waals surface area contributed by atoms with Crippen molar-refractivity contribution in [2.45, 2.75) is 32.9 Å². The Kier molecular flexibility index (Phi) is 5.63. The van der Waals surface area contributed by atoms with Crippen LogP contribution in [0.2, 0.25) is 0 Å². The largest absolute Gasteiger partial charge is 0.497 e. The molecule has 0 aliphatic rings. The van der Waals surface area contributed by atoms with E-state index < -0.39 is 5.60 Å². The van der Waals surface area contributed by atoms with E-state index in [1.807, 2.05) is 32.0 Å². The van der Waals surface area contributed by atoms with Crippen LogP contribution >= 0.6 is 0 Å². The van der Waals surface area contributed by atoms with E-state index in [-0.39, 0.29) is 0 Å². The van der Waals surface area contributed by atoms with Gasteiger partial charge in [-0.25, -0.2) is 0 Å². The molecular weight excluding hydrogens is 242 g/mol. The van der Waals surface area contributed by atoms with Gasteiger partial charge in [0.1, 0.15) is 11.5 Å². The lowest BCUT2D eigenvalue weighted by molar-refractivity contribution is 0.0351. The number of benzene rings is 1. The second kappa shape index (κ2) is 6.78. The monoisotopic (exact) mass is 267 g/mol. The number of aliphatic hydroxyl groups is 1. The zero-order valence-electron chi connectivity index (χ0n) is 12.6. The van der Waals surface area contributed by atoms with E-state index in [4.69, 9.17) is 9.47 Å². The molecule has 0 fully saturated rings. The molecule has 0 unspecified atom stereocenters. The summed E-state index contributed by atoms with van der Waals surface area (Å²) in [6, 6.07) is 5.77. The Morgan fingerprint density at radius 1 is 1.21 bits per heavy atom. The van der Waals surface area contributed by atoms with Gasteiger partial charge in [-0.3, -0.25) is 4.90 Å². The molecule has 0 aliphatic carbocycles. The summed E-state index contributed by atoms with van der Waals surface area (Å²) in [5.74, 6) is 1.66. The fraction of sp³-hybridized carbons (Fsp3) is 0.600. The van der Waals surface area contributed by atoms with Gasteiger partial charge in [0.2, 0.25) is 0 Å². The Morgan fingerprint density at radius 3 is 2.37 bits per heavy atom.